The Balaban J connectivity index is 2.08. The molecular weight excluding hydrogens is 282 g/mol. The number of thiophene rings is 1. The Morgan fingerprint density at radius 3 is 3.00 bits per heavy atom. The van der Waals surface area contributed by atoms with Gasteiger partial charge in [-0.1, -0.05) is 0 Å². The second-order valence-corrected chi connectivity index (χ2v) is 5.89. The summed E-state index contributed by atoms with van der Waals surface area (Å²) in [5.74, 6) is 0. The van der Waals surface area contributed by atoms with Gasteiger partial charge in [0.15, 0.2) is 0 Å². The SMILES string of the molecule is CC(Cl)CCCNCc1sccc1Br. The van der Waals surface area contributed by atoms with Crippen LogP contribution in [0.3, 0.4) is 0 Å². The van der Waals surface area contributed by atoms with E-state index in [4.69, 9.17) is 11.6 Å². The summed E-state index contributed by atoms with van der Waals surface area (Å²) < 4.78 is 1.21. The summed E-state index contributed by atoms with van der Waals surface area (Å²) in [5.41, 5.74) is 0. The van der Waals surface area contributed by atoms with Gasteiger partial charge in [0.2, 0.25) is 0 Å². The molecule has 0 bridgehead atoms. The largest absolute Gasteiger partial charge is 0.312 e. The van der Waals surface area contributed by atoms with Gasteiger partial charge in [-0.2, -0.15) is 0 Å². The Morgan fingerprint density at radius 1 is 1.64 bits per heavy atom. The van der Waals surface area contributed by atoms with Gasteiger partial charge in [0.25, 0.3) is 0 Å². The van der Waals surface area contributed by atoms with Gasteiger partial charge in [-0.05, 0) is 53.7 Å². The van der Waals surface area contributed by atoms with Crippen molar-refractivity contribution >= 4 is 38.9 Å². The first-order valence-electron chi connectivity index (χ1n) is 4.77. The topological polar surface area (TPSA) is 12.0 Å². The minimum absolute atomic E-state index is 0.297. The number of nitrogens with one attached hydrogen (secondary N) is 1. The molecule has 1 rings (SSSR count). The summed E-state index contributed by atoms with van der Waals surface area (Å²) in [6.45, 7) is 4.04. The smallest absolute Gasteiger partial charge is 0.0327 e. The predicted octanol–water partition coefficient (Wildman–Crippen LogP) is 4.01. The molecule has 0 aromatic carbocycles. The van der Waals surface area contributed by atoms with Gasteiger partial charge in [-0.15, -0.1) is 22.9 Å². The van der Waals surface area contributed by atoms with Crippen molar-refractivity contribution in [3.05, 3.63) is 20.8 Å². The third kappa shape index (κ3) is 4.78. The normalized spacial score (nSPS) is 13.1. The van der Waals surface area contributed by atoms with Gasteiger partial charge in [0.1, 0.15) is 0 Å². The van der Waals surface area contributed by atoms with E-state index in [1.54, 1.807) is 11.3 Å². The molecular formula is C10H15BrClNS. The Labute approximate surface area is 103 Å². The van der Waals surface area contributed by atoms with Crippen molar-refractivity contribution in [2.75, 3.05) is 6.54 Å². The molecule has 1 unspecified atom stereocenters. The van der Waals surface area contributed by atoms with E-state index in [-0.39, 0.29) is 0 Å². The van der Waals surface area contributed by atoms with E-state index in [1.165, 1.54) is 9.35 Å². The van der Waals surface area contributed by atoms with Crippen LogP contribution in [0.5, 0.6) is 0 Å². The molecule has 0 fully saturated rings. The van der Waals surface area contributed by atoms with E-state index in [2.05, 4.69) is 32.7 Å². The van der Waals surface area contributed by atoms with Crippen LogP contribution in [0, 0.1) is 0 Å². The molecule has 80 valence electrons. The van der Waals surface area contributed by atoms with E-state index in [0.717, 1.165) is 25.9 Å². The van der Waals surface area contributed by atoms with E-state index in [0.29, 0.717) is 5.38 Å². The first-order valence-corrected chi connectivity index (χ1v) is 6.87. The average molecular weight is 297 g/mol. The van der Waals surface area contributed by atoms with Gasteiger partial charge in [0, 0.05) is 21.3 Å². The zero-order valence-electron chi connectivity index (χ0n) is 8.22. The fourth-order valence-corrected chi connectivity index (χ4v) is 2.78. The highest BCUT2D eigenvalue weighted by Crippen LogP contribution is 2.22. The van der Waals surface area contributed by atoms with E-state index < -0.39 is 0 Å². The van der Waals surface area contributed by atoms with Gasteiger partial charge < -0.3 is 5.32 Å². The van der Waals surface area contributed by atoms with Crippen LogP contribution in [-0.2, 0) is 6.54 Å². The maximum atomic E-state index is 5.85. The van der Waals surface area contributed by atoms with Crippen LogP contribution in [-0.4, -0.2) is 11.9 Å². The van der Waals surface area contributed by atoms with Gasteiger partial charge in [-0.3, -0.25) is 0 Å². The fraction of sp³-hybridized carbons (Fsp3) is 0.600. The van der Waals surface area contributed by atoms with Crippen molar-refractivity contribution in [1.29, 1.82) is 0 Å². The lowest BCUT2D eigenvalue weighted by Crippen LogP contribution is -2.14. The molecule has 0 aliphatic carbocycles. The Bertz CT molecular complexity index is 262. The second-order valence-electron chi connectivity index (χ2n) is 3.29. The molecule has 1 nitrogen and oxygen atoms in total. The lowest BCUT2D eigenvalue weighted by atomic mass is 10.2. The first kappa shape index (κ1) is 12.5. The Morgan fingerprint density at radius 2 is 2.43 bits per heavy atom. The van der Waals surface area contributed by atoms with Crippen LogP contribution in [0.4, 0.5) is 0 Å². The van der Waals surface area contributed by atoms with Gasteiger partial charge >= 0.3 is 0 Å². The molecule has 1 heterocycles. The zero-order chi connectivity index (χ0) is 10.4. The molecule has 1 aromatic rings. The van der Waals surface area contributed by atoms with E-state index in [1.807, 2.05) is 6.92 Å². The molecule has 0 aliphatic heterocycles. The number of hydrogen-bond donors (Lipinski definition) is 1. The summed E-state index contributed by atoms with van der Waals surface area (Å²) in [4.78, 5) is 1.36. The quantitative estimate of drug-likeness (QED) is 0.618. The highest BCUT2D eigenvalue weighted by molar-refractivity contribution is 9.10. The standard InChI is InChI=1S/C10H15BrClNS/c1-8(12)3-2-5-13-7-10-9(11)4-6-14-10/h4,6,8,13H,2-3,5,7H2,1H3. The Hall–Kier alpha value is 0.430. The van der Waals surface area contributed by atoms with Crippen LogP contribution in [0.1, 0.15) is 24.6 Å². The number of rotatable bonds is 6. The highest BCUT2D eigenvalue weighted by Gasteiger charge is 2.00. The van der Waals surface area contributed by atoms with E-state index >= 15 is 0 Å². The molecule has 0 spiro atoms. The van der Waals surface area contributed by atoms with Crippen LogP contribution in [0.2, 0.25) is 0 Å². The summed E-state index contributed by atoms with van der Waals surface area (Å²) in [6, 6.07) is 2.09. The molecule has 1 aromatic heterocycles. The molecule has 14 heavy (non-hydrogen) atoms. The molecule has 0 saturated heterocycles. The van der Waals surface area contributed by atoms with Crippen molar-refractivity contribution in [2.45, 2.75) is 31.7 Å². The summed E-state index contributed by atoms with van der Waals surface area (Å²) >= 11 is 11.1. The van der Waals surface area contributed by atoms with Gasteiger partial charge in [-0.25, -0.2) is 0 Å². The molecule has 0 saturated carbocycles. The third-order valence-electron chi connectivity index (χ3n) is 1.93. The maximum Gasteiger partial charge on any atom is 0.0327 e. The minimum Gasteiger partial charge on any atom is -0.312 e. The summed E-state index contributed by atoms with van der Waals surface area (Å²) in [5, 5.41) is 5.80. The number of halogens is 2. The first-order chi connectivity index (χ1) is 6.70. The molecule has 4 heteroatoms. The molecule has 0 amide bonds. The summed E-state index contributed by atoms with van der Waals surface area (Å²) in [7, 11) is 0. The van der Waals surface area contributed by atoms with Gasteiger partial charge in [0.05, 0.1) is 0 Å². The van der Waals surface area contributed by atoms with Crippen molar-refractivity contribution in [1.82, 2.24) is 5.32 Å². The lowest BCUT2D eigenvalue weighted by Gasteiger charge is -2.04. The second kappa shape index (κ2) is 6.83. The van der Waals surface area contributed by atoms with Crippen LogP contribution < -0.4 is 5.32 Å². The van der Waals surface area contributed by atoms with Crippen LogP contribution in [0.25, 0.3) is 0 Å². The molecule has 1 atom stereocenters. The summed E-state index contributed by atoms with van der Waals surface area (Å²) in [6.07, 6.45) is 2.23. The van der Waals surface area contributed by atoms with Crippen LogP contribution in [0.15, 0.2) is 15.9 Å². The maximum absolute atomic E-state index is 5.85. The molecule has 0 radical (unpaired) electrons. The lowest BCUT2D eigenvalue weighted by molar-refractivity contribution is 0.622. The number of alkyl halides is 1. The van der Waals surface area contributed by atoms with E-state index in [9.17, 15) is 0 Å². The average Bonchev–Trinajstić information content (AvgIpc) is 2.51. The Kier molecular flexibility index (Phi) is 6.10. The highest BCUT2D eigenvalue weighted by atomic mass is 79.9. The predicted molar refractivity (Wildman–Crippen MR) is 68.3 cm³/mol. The van der Waals surface area contributed by atoms with Crippen molar-refractivity contribution in [3.8, 4) is 0 Å². The zero-order valence-corrected chi connectivity index (χ0v) is 11.4. The third-order valence-corrected chi connectivity index (χ3v) is 4.08. The van der Waals surface area contributed by atoms with Crippen molar-refractivity contribution in [3.63, 3.8) is 0 Å². The van der Waals surface area contributed by atoms with Crippen molar-refractivity contribution < 1.29 is 0 Å². The monoisotopic (exact) mass is 295 g/mol. The fourth-order valence-electron chi connectivity index (χ4n) is 1.16. The molecule has 0 aliphatic rings. The number of hydrogen-bond acceptors (Lipinski definition) is 2. The minimum atomic E-state index is 0.297. The van der Waals surface area contributed by atoms with Crippen LogP contribution >= 0.6 is 38.9 Å². The van der Waals surface area contributed by atoms with Crippen molar-refractivity contribution in [2.24, 2.45) is 0 Å². The molecule has 1 N–H and O–H groups in total.